The van der Waals surface area contributed by atoms with E-state index in [-0.39, 0.29) is 17.2 Å². The lowest BCUT2D eigenvalue weighted by Gasteiger charge is -2.10. The van der Waals surface area contributed by atoms with Gasteiger partial charge in [-0.1, -0.05) is 18.2 Å². The number of anilines is 1. The topological polar surface area (TPSA) is 80.2 Å². The highest BCUT2D eigenvalue weighted by atomic mass is 32.2. The van der Waals surface area contributed by atoms with Crippen LogP contribution in [0.15, 0.2) is 65.7 Å². The summed E-state index contributed by atoms with van der Waals surface area (Å²) in [5.41, 5.74) is 1.36. The number of hydrogen-bond donors (Lipinski definition) is 2. The molecule has 1 amide bonds. The normalized spacial score (nSPS) is 12.2. The molecule has 0 saturated heterocycles. The maximum Gasteiger partial charge on any atom is 0.402 e. The number of aryl methyl sites for hydroxylation is 1. The number of nitrogens with one attached hydrogen (secondary N) is 2. The molecule has 0 aliphatic carbocycles. The Bertz CT molecular complexity index is 1110. The van der Waals surface area contributed by atoms with Crippen LogP contribution in [-0.2, 0) is 21.4 Å². The van der Waals surface area contributed by atoms with E-state index in [0.717, 1.165) is 23.0 Å². The van der Waals surface area contributed by atoms with Gasteiger partial charge < -0.3 is 9.88 Å². The van der Waals surface area contributed by atoms with Crippen LogP contribution < -0.4 is 10.0 Å². The zero-order valence-electron chi connectivity index (χ0n) is 15.1. The summed E-state index contributed by atoms with van der Waals surface area (Å²) >= 11 is 0. The number of benzene rings is 2. The average molecular weight is 425 g/mol. The van der Waals surface area contributed by atoms with Gasteiger partial charge in [0, 0.05) is 30.4 Å². The lowest BCUT2D eigenvalue weighted by molar-refractivity contribution is -0.121. The van der Waals surface area contributed by atoms with E-state index < -0.39 is 22.7 Å². The van der Waals surface area contributed by atoms with Crippen LogP contribution in [-0.4, -0.2) is 31.6 Å². The number of sulfonamides is 1. The standard InChI is InChI=1S/C19H18F3N3O3S/c20-19(21,22)13-23-29(27,28)16-7-5-15(6-8-16)24-18(26)10-12-25-11-9-14-3-1-2-4-17(14)25/h1-9,11,23H,10,12-13H2,(H,24,26). The first-order valence-corrected chi connectivity index (χ1v) is 10.1. The van der Waals surface area contributed by atoms with Crippen LogP contribution in [0.4, 0.5) is 18.9 Å². The Morgan fingerprint density at radius 2 is 1.69 bits per heavy atom. The number of carbonyl (C=O) groups excluding carboxylic acids is 1. The Morgan fingerprint density at radius 3 is 2.38 bits per heavy atom. The van der Waals surface area contributed by atoms with E-state index in [9.17, 15) is 26.4 Å². The van der Waals surface area contributed by atoms with E-state index >= 15 is 0 Å². The molecular weight excluding hydrogens is 407 g/mol. The van der Waals surface area contributed by atoms with Gasteiger partial charge in [0.25, 0.3) is 0 Å². The largest absolute Gasteiger partial charge is 0.402 e. The number of alkyl halides is 3. The number of halogens is 3. The van der Waals surface area contributed by atoms with Crippen molar-refractivity contribution in [3.63, 3.8) is 0 Å². The zero-order chi connectivity index (χ0) is 21.1. The first kappa shape index (κ1) is 20.9. The smallest absolute Gasteiger partial charge is 0.347 e. The van der Waals surface area contributed by atoms with Crippen LogP contribution in [0.2, 0.25) is 0 Å². The number of aromatic nitrogens is 1. The Balaban J connectivity index is 1.57. The molecule has 0 fully saturated rings. The average Bonchev–Trinajstić information content (AvgIpc) is 3.08. The lowest BCUT2D eigenvalue weighted by atomic mass is 10.2. The van der Waals surface area contributed by atoms with Crippen LogP contribution in [0.3, 0.4) is 0 Å². The third-order valence-electron chi connectivity index (χ3n) is 4.17. The summed E-state index contributed by atoms with van der Waals surface area (Å²) < 4.78 is 63.7. The second kappa shape index (κ2) is 8.26. The molecule has 0 aliphatic rings. The molecule has 3 rings (SSSR count). The number of rotatable bonds is 7. The summed E-state index contributed by atoms with van der Waals surface area (Å²) in [4.78, 5) is 11.8. The molecule has 0 aliphatic heterocycles. The molecule has 3 aromatic rings. The van der Waals surface area contributed by atoms with Crippen molar-refractivity contribution < 1.29 is 26.4 Å². The molecule has 6 nitrogen and oxygen atoms in total. The van der Waals surface area contributed by atoms with Gasteiger partial charge in [-0.25, -0.2) is 13.1 Å². The van der Waals surface area contributed by atoms with Crippen molar-refractivity contribution in [3.05, 3.63) is 60.8 Å². The molecule has 29 heavy (non-hydrogen) atoms. The minimum Gasteiger partial charge on any atom is -0.347 e. The summed E-state index contributed by atoms with van der Waals surface area (Å²) in [6, 6.07) is 14.7. The Hall–Kier alpha value is -2.85. The lowest BCUT2D eigenvalue weighted by Crippen LogP contribution is -2.33. The van der Waals surface area contributed by atoms with Crippen molar-refractivity contribution in [2.24, 2.45) is 0 Å². The molecule has 154 valence electrons. The monoisotopic (exact) mass is 425 g/mol. The van der Waals surface area contributed by atoms with E-state index in [4.69, 9.17) is 0 Å². The van der Waals surface area contributed by atoms with Crippen molar-refractivity contribution in [1.82, 2.24) is 9.29 Å². The highest BCUT2D eigenvalue weighted by Gasteiger charge is 2.30. The number of fused-ring (bicyclic) bond motifs is 1. The molecule has 1 aromatic heterocycles. The molecule has 0 saturated carbocycles. The fourth-order valence-electron chi connectivity index (χ4n) is 2.76. The Kier molecular flexibility index (Phi) is 5.94. The van der Waals surface area contributed by atoms with Crippen molar-refractivity contribution in [1.29, 1.82) is 0 Å². The van der Waals surface area contributed by atoms with Crippen LogP contribution in [0.25, 0.3) is 10.9 Å². The van der Waals surface area contributed by atoms with Crippen LogP contribution >= 0.6 is 0 Å². The summed E-state index contributed by atoms with van der Waals surface area (Å²) in [5.74, 6) is -0.270. The number of hydrogen-bond acceptors (Lipinski definition) is 3. The van der Waals surface area contributed by atoms with Gasteiger partial charge in [-0.15, -0.1) is 0 Å². The summed E-state index contributed by atoms with van der Waals surface area (Å²) in [6.45, 7) is -1.19. The molecule has 2 aromatic carbocycles. The van der Waals surface area contributed by atoms with Crippen molar-refractivity contribution >= 4 is 32.5 Å². The minimum atomic E-state index is -4.65. The van der Waals surface area contributed by atoms with Gasteiger partial charge in [0.15, 0.2) is 0 Å². The molecular formula is C19H18F3N3O3S. The second-order valence-electron chi connectivity index (χ2n) is 6.33. The number of nitrogens with zero attached hydrogens (tertiary/aromatic N) is 1. The molecule has 2 N–H and O–H groups in total. The predicted octanol–water partition coefficient (Wildman–Crippen LogP) is 3.51. The van der Waals surface area contributed by atoms with Crippen molar-refractivity contribution in [2.75, 3.05) is 11.9 Å². The van der Waals surface area contributed by atoms with Gasteiger partial charge in [0.05, 0.1) is 4.90 Å². The summed E-state index contributed by atoms with van der Waals surface area (Å²) in [6.07, 6.45) is -2.55. The number of amides is 1. The molecule has 1 heterocycles. The highest BCUT2D eigenvalue weighted by molar-refractivity contribution is 7.89. The third kappa shape index (κ3) is 5.58. The van der Waals surface area contributed by atoms with E-state index in [1.807, 2.05) is 41.1 Å². The number of para-hydroxylation sites is 1. The third-order valence-corrected chi connectivity index (χ3v) is 5.59. The number of carbonyl (C=O) groups is 1. The van der Waals surface area contributed by atoms with E-state index in [1.54, 1.807) is 0 Å². The molecule has 0 spiro atoms. The van der Waals surface area contributed by atoms with Gasteiger partial charge in [0.2, 0.25) is 15.9 Å². The molecule has 10 heteroatoms. The highest BCUT2D eigenvalue weighted by Crippen LogP contribution is 2.18. The maximum atomic E-state index is 12.2. The van der Waals surface area contributed by atoms with Crippen LogP contribution in [0, 0.1) is 0 Å². The second-order valence-corrected chi connectivity index (χ2v) is 8.10. The molecule has 0 atom stereocenters. The first-order valence-electron chi connectivity index (χ1n) is 8.64. The van der Waals surface area contributed by atoms with Crippen molar-refractivity contribution in [3.8, 4) is 0 Å². The maximum absolute atomic E-state index is 12.2. The zero-order valence-corrected chi connectivity index (χ0v) is 15.9. The van der Waals surface area contributed by atoms with Gasteiger partial charge in [0.1, 0.15) is 6.54 Å². The summed E-state index contributed by atoms with van der Waals surface area (Å²) in [5, 5.41) is 3.71. The Morgan fingerprint density at radius 1 is 1.00 bits per heavy atom. The Labute approximate surface area is 165 Å². The predicted molar refractivity (Wildman–Crippen MR) is 103 cm³/mol. The van der Waals surface area contributed by atoms with Crippen molar-refractivity contribution in [2.45, 2.75) is 24.0 Å². The SMILES string of the molecule is O=C(CCn1ccc2ccccc21)Nc1ccc(S(=O)(=O)NCC(F)(F)F)cc1. The molecule has 0 radical (unpaired) electrons. The van der Waals surface area contributed by atoms with E-state index in [2.05, 4.69) is 5.32 Å². The van der Waals surface area contributed by atoms with Gasteiger partial charge in [-0.2, -0.15) is 13.2 Å². The van der Waals surface area contributed by atoms with Crippen LogP contribution in [0.1, 0.15) is 6.42 Å². The van der Waals surface area contributed by atoms with E-state index in [0.29, 0.717) is 12.2 Å². The summed E-state index contributed by atoms with van der Waals surface area (Å²) in [7, 11) is -4.29. The van der Waals surface area contributed by atoms with Gasteiger partial charge >= 0.3 is 6.18 Å². The quantitative estimate of drug-likeness (QED) is 0.608. The van der Waals surface area contributed by atoms with Crippen LogP contribution in [0.5, 0.6) is 0 Å². The fraction of sp³-hybridized carbons (Fsp3) is 0.211. The van der Waals surface area contributed by atoms with Gasteiger partial charge in [-0.05, 0) is 41.8 Å². The first-order chi connectivity index (χ1) is 13.6. The van der Waals surface area contributed by atoms with E-state index in [1.165, 1.54) is 16.9 Å². The minimum absolute atomic E-state index is 0.200. The fourth-order valence-corrected chi connectivity index (χ4v) is 3.77. The van der Waals surface area contributed by atoms with Gasteiger partial charge in [-0.3, -0.25) is 4.79 Å². The molecule has 0 bridgehead atoms. The molecule has 0 unspecified atom stereocenters.